The quantitative estimate of drug-likeness (QED) is 0.786. The summed E-state index contributed by atoms with van der Waals surface area (Å²) in [7, 11) is 3.47. The van der Waals surface area contributed by atoms with E-state index in [0.717, 1.165) is 43.7 Å². The van der Waals surface area contributed by atoms with Gasteiger partial charge in [-0.2, -0.15) is 0 Å². The standard InChI is InChI=1S/C18H24N4O2/c1-21-10-8-20-16(21)11-14-5-4-9-22(13-14)17(18(23)24-2)15-6-3-7-19-12-15/h3,6-8,10,12,14,17H,4-5,9,11,13H2,1-2H3/t14-,17+/m1/s1. The number of nitrogens with zero attached hydrogens (tertiary/aromatic N) is 4. The number of aromatic nitrogens is 3. The minimum atomic E-state index is -0.382. The summed E-state index contributed by atoms with van der Waals surface area (Å²) in [4.78, 5) is 23.2. The number of imidazole rings is 1. The zero-order chi connectivity index (χ0) is 16.9. The molecule has 0 saturated carbocycles. The monoisotopic (exact) mass is 328 g/mol. The molecule has 2 aromatic rings. The lowest BCUT2D eigenvalue weighted by Crippen LogP contribution is -2.42. The lowest BCUT2D eigenvalue weighted by Gasteiger charge is -2.37. The van der Waals surface area contributed by atoms with E-state index >= 15 is 0 Å². The number of esters is 1. The van der Waals surface area contributed by atoms with E-state index in [-0.39, 0.29) is 12.0 Å². The first-order valence-electron chi connectivity index (χ1n) is 8.37. The third kappa shape index (κ3) is 3.64. The van der Waals surface area contributed by atoms with Gasteiger partial charge in [-0.3, -0.25) is 9.88 Å². The van der Waals surface area contributed by atoms with Gasteiger partial charge in [-0.05, 0) is 36.9 Å². The summed E-state index contributed by atoms with van der Waals surface area (Å²) < 4.78 is 7.12. The van der Waals surface area contributed by atoms with E-state index in [1.807, 2.05) is 31.6 Å². The maximum atomic E-state index is 12.4. The molecule has 0 radical (unpaired) electrons. The van der Waals surface area contributed by atoms with Crippen LogP contribution < -0.4 is 0 Å². The van der Waals surface area contributed by atoms with E-state index in [1.165, 1.54) is 7.11 Å². The first-order valence-corrected chi connectivity index (χ1v) is 8.37. The zero-order valence-corrected chi connectivity index (χ0v) is 14.3. The SMILES string of the molecule is COC(=O)[C@H](c1cccnc1)N1CCC[C@H](Cc2nccn2C)C1. The van der Waals surface area contributed by atoms with Crippen molar-refractivity contribution in [2.75, 3.05) is 20.2 Å². The van der Waals surface area contributed by atoms with Gasteiger partial charge in [0.15, 0.2) is 0 Å². The Morgan fingerprint density at radius 3 is 3.00 bits per heavy atom. The summed E-state index contributed by atoms with van der Waals surface area (Å²) in [5.74, 6) is 1.36. The molecule has 2 aromatic heterocycles. The molecular formula is C18H24N4O2. The van der Waals surface area contributed by atoms with Crippen LogP contribution in [0.5, 0.6) is 0 Å². The van der Waals surface area contributed by atoms with Gasteiger partial charge in [-0.25, -0.2) is 9.78 Å². The number of carbonyl (C=O) groups excluding carboxylic acids is 1. The average molecular weight is 328 g/mol. The van der Waals surface area contributed by atoms with Crippen LogP contribution in [-0.2, 0) is 23.0 Å². The van der Waals surface area contributed by atoms with Gasteiger partial charge in [-0.1, -0.05) is 6.07 Å². The van der Waals surface area contributed by atoms with Gasteiger partial charge in [0.1, 0.15) is 11.9 Å². The highest BCUT2D eigenvalue weighted by molar-refractivity contribution is 5.77. The minimum Gasteiger partial charge on any atom is -0.468 e. The van der Waals surface area contributed by atoms with Crippen molar-refractivity contribution in [3.63, 3.8) is 0 Å². The number of rotatable bonds is 5. The second kappa shape index (κ2) is 7.57. The Hall–Kier alpha value is -2.21. The number of pyridine rings is 1. The van der Waals surface area contributed by atoms with Gasteiger partial charge in [0.25, 0.3) is 0 Å². The number of aryl methyl sites for hydroxylation is 1. The smallest absolute Gasteiger partial charge is 0.327 e. The van der Waals surface area contributed by atoms with E-state index in [9.17, 15) is 4.79 Å². The van der Waals surface area contributed by atoms with E-state index in [2.05, 4.69) is 19.4 Å². The molecule has 0 N–H and O–H groups in total. The van der Waals surface area contributed by atoms with Crippen molar-refractivity contribution in [3.05, 3.63) is 48.3 Å². The van der Waals surface area contributed by atoms with Crippen molar-refractivity contribution in [1.82, 2.24) is 19.4 Å². The normalized spacial score (nSPS) is 19.8. The van der Waals surface area contributed by atoms with Gasteiger partial charge in [0.05, 0.1) is 7.11 Å². The van der Waals surface area contributed by atoms with Crippen LogP contribution in [0.25, 0.3) is 0 Å². The number of piperidine rings is 1. The third-order valence-electron chi connectivity index (χ3n) is 4.73. The fourth-order valence-corrected chi connectivity index (χ4v) is 3.50. The molecule has 0 amide bonds. The third-order valence-corrected chi connectivity index (χ3v) is 4.73. The van der Waals surface area contributed by atoms with E-state index < -0.39 is 0 Å². The van der Waals surface area contributed by atoms with Crippen molar-refractivity contribution in [1.29, 1.82) is 0 Å². The van der Waals surface area contributed by atoms with Crippen molar-refractivity contribution < 1.29 is 9.53 Å². The van der Waals surface area contributed by atoms with Crippen molar-refractivity contribution in [2.24, 2.45) is 13.0 Å². The molecule has 0 aromatic carbocycles. The summed E-state index contributed by atoms with van der Waals surface area (Å²) in [6.07, 6.45) is 10.4. The highest BCUT2D eigenvalue weighted by atomic mass is 16.5. The second-order valence-electron chi connectivity index (χ2n) is 6.37. The molecule has 3 heterocycles. The second-order valence-corrected chi connectivity index (χ2v) is 6.37. The van der Waals surface area contributed by atoms with Crippen LogP contribution in [-0.4, -0.2) is 45.6 Å². The van der Waals surface area contributed by atoms with Crippen LogP contribution in [0.3, 0.4) is 0 Å². The first kappa shape index (κ1) is 16.6. The summed E-state index contributed by atoms with van der Waals surface area (Å²) in [6, 6.07) is 3.42. The maximum absolute atomic E-state index is 12.4. The molecule has 6 nitrogen and oxygen atoms in total. The Bertz CT molecular complexity index is 671. The fraction of sp³-hybridized carbons (Fsp3) is 0.500. The molecule has 0 unspecified atom stereocenters. The fourth-order valence-electron chi connectivity index (χ4n) is 3.50. The van der Waals surface area contributed by atoms with Crippen molar-refractivity contribution in [2.45, 2.75) is 25.3 Å². The van der Waals surface area contributed by atoms with Gasteiger partial charge in [0.2, 0.25) is 0 Å². The lowest BCUT2D eigenvalue weighted by molar-refractivity contribution is -0.148. The number of likely N-dealkylation sites (tertiary alicyclic amines) is 1. The highest BCUT2D eigenvalue weighted by Gasteiger charge is 2.33. The molecule has 1 aliphatic heterocycles. The van der Waals surface area contributed by atoms with Crippen LogP contribution in [0.4, 0.5) is 0 Å². The van der Waals surface area contributed by atoms with Crippen LogP contribution in [0.1, 0.15) is 30.3 Å². The Morgan fingerprint density at radius 2 is 2.33 bits per heavy atom. The topological polar surface area (TPSA) is 60.2 Å². The minimum absolute atomic E-state index is 0.222. The van der Waals surface area contributed by atoms with Gasteiger partial charge in [0, 0.05) is 44.8 Å². The molecule has 24 heavy (non-hydrogen) atoms. The summed E-state index contributed by atoms with van der Waals surface area (Å²) in [6.45, 7) is 1.76. The molecular weight excluding hydrogens is 304 g/mol. The molecule has 1 fully saturated rings. The van der Waals surface area contributed by atoms with Crippen LogP contribution in [0.2, 0.25) is 0 Å². The molecule has 6 heteroatoms. The number of hydrogen-bond acceptors (Lipinski definition) is 5. The number of ether oxygens (including phenoxy) is 1. The Balaban J connectivity index is 1.75. The molecule has 1 saturated heterocycles. The largest absolute Gasteiger partial charge is 0.468 e. The number of methoxy groups -OCH3 is 1. The molecule has 2 atom stereocenters. The Labute approximate surface area is 142 Å². The molecule has 1 aliphatic rings. The van der Waals surface area contributed by atoms with Gasteiger partial charge < -0.3 is 9.30 Å². The van der Waals surface area contributed by atoms with Crippen molar-refractivity contribution in [3.8, 4) is 0 Å². The molecule has 0 spiro atoms. The Kier molecular flexibility index (Phi) is 5.25. The van der Waals surface area contributed by atoms with E-state index in [1.54, 1.807) is 12.4 Å². The van der Waals surface area contributed by atoms with Crippen LogP contribution in [0.15, 0.2) is 36.9 Å². The zero-order valence-electron chi connectivity index (χ0n) is 14.3. The van der Waals surface area contributed by atoms with Crippen LogP contribution >= 0.6 is 0 Å². The number of carbonyl (C=O) groups is 1. The predicted octanol–water partition coefficient (Wildman–Crippen LogP) is 1.98. The predicted molar refractivity (Wildman–Crippen MR) is 90.2 cm³/mol. The summed E-state index contributed by atoms with van der Waals surface area (Å²) >= 11 is 0. The van der Waals surface area contributed by atoms with E-state index in [0.29, 0.717) is 5.92 Å². The van der Waals surface area contributed by atoms with Gasteiger partial charge >= 0.3 is 5.97 Å². The first-order chi connectivity index (χ1) is 11.7. The van der Waals surface area contributed by atoms with Crippen molar-refractivity contribution >= 4 is 5.97 Å². The maximum Gasteiger partial charge on any atom is 0.327 e. The molecule has 128 valence electrons. The molecule has 0 bridgehead atoms. The summed E-state index contributed by atoms with van der Waals surface area (Å²) in [5, 5.41) is 0. The average Bonchev–Trinajstić information content (AvgIpc) is 3.01. The molecule has 3 rings (SSSR count). The van der Waals surface area contributed by atoms with Crippen LogP contribution in [0, 0.1) is 5.92 Å². The molecule has 0 aliphatic carbocycles. The Morgan fingerprint density at radius 1 is 1.46 bits per heavy atom. The van der Waals surface area contributed by atoms with E-state index in [4.69, 9.17) is 4.74 Å². The lowest BCUT2D eigenvalue weighted by atomic mass is 9.92. The highest BCUT2D eigenvalue weighted by Crippen LogP contribution is 2.29. The summed E-state index contributed by atoms with van der Waals surface area (Å²) in [5.41, 5.74) is 0.891. The number of hydrogen-bond donors (Lipinski definition) is 0. The van der Waals surface area contributed by atoms with Gasteiger partial charge in [-0.15, -0.1) is 0 Å².